The van der Waals surface area contributed by atoms with Crippen LogP contribution in [0.25, 0.3) is 0 Å². The van der Waals surface area contributed by atoms with Crippen LogP contribution < -0.4 is 0 Å². The lowest BCUT2D eigenvalue weighted by Gasteiger charge is -2.04. The fraction of sp³-hybridized carbons (Fsp3) is 0.381. The molecule has 22 heavy (non-hydrogen) atoms. The molecule has 0 aromatic heterocycles. The lowest BCUT2D eigenvalue weighted by molar-refractivity contribution is 0.103. The highest BCUT2D eigenvalue weighted by molar-refractivity contribution is 6.08. The summed E-state index contributed by atoms with van der Waals surface area (Å²) in [4.78, 5) is 11.8. The van der Waals surface area contributed by atoms with E-state index < -0.39 is 0 Å². The van der Waals surface area contributed by atoms with Crippen LogP contribution >= 0.6 is 0 Å². The highest BCUT2D eigenvalue weighted by Crippen LogP contribution is 2.10. The average Bonchev–Trinajstić information content (AvgIpc) is 2.61. The van der Waals surface area contributed by atoms with Gasteiger partial charge in [-0.3, -0.25) is 4.79 Å². The summed E-state index contributed by atoms with van der Waals surface area (Å²) in [6, 6.07) is 18.6. The summed E-state index contributed by atoms with van der Waals surface area (Å²) < 4.78 is 0. The zero-order chi connectivity index (χ0) is 16.2. The van der Waals surface area contributed by atoms with Gasteiger partial charge < -0.3 is 0 Å². The molecule has 1 heteroatoms. The molecule has 2 aromatic rings. The van der Waals surface area contributed by atoms with Crippen molar-refractivity contribution in [1.29, 1.82) is 0 Å². The molecule has 0 spiro atoms. The SMILES string of the molecule is CCCCC(C)CC.O=C(c1ccccc1)c1ccccc1. The summed E-state index contributed by atoms with van der Waals surface area (Å²) in [5, 5.41) is 0. The van der Waals surface area contributed by atoms with Crippen molar-refractivity contribution in [3.63, 3.8) is 0 Å². The molecule has 1 unspecified atom stereocenters. The second kappa shape index (κ2) is 10.8. The zero-order valence-electron chi connectivity index (χ0n) is 14.1. The predicted octanol–water partition coefficient (Wildman–Crippen LogP) is 6.14. The number of rotatable bonds is 6. The smallest absolute Gasteiger partial charge is 0.193 e. The molecule has 1 atom stereocenters. The number of unbranched alkanes of at least 4 members (excludes halogenated alkanes) is 1. The topological polar surface area (TPSA) is 17.1 Å². The third-order valence-corrected chi connectivity index (χ3v) is 3.82. The third kappa shape index (κ3) is 6.71. The van der Waals surface area contributed by atoms with Crippen LogP contribution in [0.15, 0.2) is 60.7 Å². The monoisotopic (exact) mass is 296 g/mol. The summed E-state index contributed by atoms with van der Waals surface area (Å²) in [5.41, 5.74) is 1.47. The van der Waals surface area contributed by atoms with Crippen molar-refractivity contribution in [2.45, 2.75) is 46.5 Å². The first kappa shape index (κ1) is 18.2. The summed E-state index contributed by atoms with van der Waals surface area (Å²) in [6.07, 6.45) is 5.53. The Morgan fingerprint density at radius 3 is 1.68 bits per heavy atom. The van der Waals surface area contributed by atoms with Gasteiger partial charge in [0.05, 0.1) is 0 Å². The van der Waals surface area contributed by atoms with E-state index in [1.165, 1.54) is 25.7 Å². The molecule has 0 saturated carbocycles. The number of ketones is 1. The number of hydrogen-bond donors (Lipinski definition) is 0. The molecular weight excluding hydrogens is 268 g/mol. The predicted molar refractivity (Wildman–Crippen MR) is 95.3 cm³/mol. The van der Waals surface area contributed by atoms with Gasteiger partial charge in [0.2, 0.25) is 0 Å². The van der Waals surface area contributed by atoms with Crippen molar-refractivity contribution in [3.8, 4) is 0 Å². The molecule has 0 radical (unpaired) electrons. The maximum Gasteiger partial charge on any atom is 0.193 e. The van der Waals surface area contributed by atoms with Gasteiger partial charge in [-0.15, -0.1) is 0 Å². The minimum absolute atomic E-state index is 0.0752. The van der Waals surface area contributed by atoms with E-state index in [4.69, 9.17) is 0 Å². The van der Waals surface area contributed by atoms with E-state index in [1.807, 2.05) is 60.7 Å². The van der Waals surface area contributed by atoms with Crippen molar-refractivity contribution < 1.29 is 4.79 Å². The van der Waals surface area contributed by atoms with Gasteiger partial charge in [-0.05, 0) is 5.92 Å². The largest absolute Gasteiger partial charge is 0.289 e. The fourth-order valence-electron chi connectivity index (χ4n) is 2.10. The van der Waals surface area contributed by atoms with Crippen LogP contribution in [0.1, 0.15) is 62.4 Å². The van der Waals surface area contributed by atoms with Crippen LogP contribution in [0.4, 0.5) is 0 Å². The summed E-state index contributed by atoms with van der Waals surface area (Å²) in [7, 11) is 0. The number of carbonyl (C=O) groups is 1. The lowest BCUT2D eigenvalue weighted by atomic mass is 10.0. The molecule has 0 fully saturated rings. The highest BCUT2D eigenvalue weighted by atomic mass is 16.1. The van der Waals surface area contributed by atoms with Crippen LogP contribution in [0.3, 0.4) is 0 Å². The van der Waals surface area contributed by atoms with Gasteiger partial charge in [0.15, 0.2) is 5.78 Å². The standard InChI is InChI=1S/C13H10O.C8H18/c14-13(11-7-3-1-4-8-11)12-9-5-2-6-10-12;1-4-6-7-8(3)5-2/h1-10H;8H,4-7H2,1-3H3. The first-order valence-corrected chi connectivity index (χ1v) is 8.33. The highest BCUT2D eigenvalue weighted by Gasteiger charge is 2.06. The van der Waals surface area contributed by atoms with E-state index in [-0.39, 0.29) is 5.78 Å². The summed E-state index contributed by atoms with van der Waals surface area (Å²) >= 11 is 0. The Balaban J connectivity index is 0.000000261. The van der Waals surface area contributed by atoms with Crippen LogP contribution in [-0.4, -0.2) is 5.78 Å². The number of hydrogen-bond acceptors (Lipinski definition) is 1. The molecule has 2 aromatic carbocycles. The number of benzene rings is 2. The molecule has 1 nitrogen and oxygen atoms in total. The van der Waals surface area contributed by atoms with Crippen molar-refractivity contribution in [2.75, 3.05) is 0 Å². The second-order valence-corrected chi connectivity index (χ2v) is 5.72. The van der Waals surface area contributed by atoms with Gasteiger partial charge in [-0.25, -0.2) is 0 Å². The molecule has 0 saturated heterocycles. The first-order valence-electron chi connectivity index (χ1n) is 8.33. The van der Waals surface area contributed by atoms with E-state index in [0.717, 1.165) is 17.0 Å². The van der Waals surface area contributed by atoms with Crippen molar-refractivity contribution >= 4 is 5.78 Å². The maximum absolute atomic E-state index is 11.8. The van der Waals surface area contributed by atoms with Gasteiger partial charge in [-0.1, -0.05) is 107 Å². The van der Waals surface area contributed by atoms with Gasteiger partial charge >= 0.3 is 0 Å². The Hall–Kier alpha value is -1.89. The van der Waals surface area contributed by atoms with Crippen molar-refractivity contribution in [2.24, 2.45) is 5.92 Å². The molecule has 0 bridgehead atoms. The Morgan fingerprint density at radius 2 is 1.32 bits per heavy atom. The summed E-state index contributed by atoms with van der Waals surface area (Å²) in [5.74, 6) is 1.03. The van der Waals surface area contributed by atoms with Crippen molar-refractivity contribution in [3.05, 3.63) is 71.8 Å². The number of carbonyl (C=O) groups excluding carboxylic acids is 1. The Bertz CT molecular complexity index is 475. The fourth-order valence-corrected chi connectivity index (χ4v) is 2.10. The maximum atomic E-state index is 11.8. The van der Waals surface area contributed by atoms with E-state index in [0.29, 0.717) is 0 Å². The van der Waals surface area contributed by atoms with E-state index >= 15 is 0 Å². The van der Waals surface area contributed by atoms with Crippen LogP contribution in [0, 0.1) is 5.92 Å². The Labute approximate surface area is 135 Å². The van der Waals surface area contributed by atoms with E-state index in [1.54, 1.807) is 0 Å². The van der Waals surface area contributed by atoms with Crippen molar-refractivity contribution in [1.82, 2.24) is 0 Å². The van der Waals surface area contributed by atoms with Gasteiger partial charge in [-0.2, -0.15) is 0 Å². The molecule has 0 aliphatic carbocycles. The normalized spacial score (nSPS) is 11.2. The molecule has 0 aliphatic heterocycles. The molecule has 2 rings (SSSR count). The van der Waals surface area contributed by atoms with E-state index in [9.17, 15) is 4.79 Å². The summed E-state index contributed by atoms with van der Waals surface area (Å²) in [6.45, 7) is 6.85. The minimum Gasteiger partial charge on any atom is -0.289 e. The second-order valence-electron chi connectivity index (χ2n) is 5.72. The lowest BCUT2D eigenvalue weighted by Crippen LogP contribution is -1.99. The third-order valence-electron chi connectivity index (χ3n) is 3.82. The Kier molecular flexibility index (Phi) is 8.90. The molecule has 0 N–H and O–H groups in total. The molecule has 0 amide bonds. The molecule has 118 valence electrons. The minimum atomic E-state index is 0.0752. The van der Waals surface area contributed by atoms with Gasteiger partial charge in [0.1, 0.15) is 0 Å². The zero-order valence-corrected chi connectivity index (χ0v) is 14.1. The van der Waals surface area contributed by atoms with Crippen LogP contribution in [-0.2, 0) is 0 Å². The van der Waals surface area contributed by atoms with E-state index in [2.05, 4.69) is 20.8 Å². The van der Waals surface area contributed by atoms with Gasteiger partial charge in [0, 0.05) is 11.1 Å². The molecule has 0 aliphatic rings. The van der Waals surface area contributed by atoms with Crippen LogP contribution in [0.5, 0.6) is 0 Å². The average molecular weight is 296 g/mol. The molecular formula is C21H28O. The molecule has 0 heterocycles. The Morgan fingerprint density at radius 1 is 0.864 bits per heavy atom. The quantitative estimate of drug-likeness (QED) is 0.585. The van der Waals surface area contributed by atoms with Crippen LogP contribution in [0.2, 0.25) is 0 Å². The first-order chi connectivity index (χ1) is 10.7. The van der Waals surface area contributed by atoms with Gasteiger partial charge in [0.25, 0.3) is 0 Å².